The Bertz CT molecular complexity index is 869. The molecule has 0 radical (unpaired) electrons. The van der Waals surface area contributed by atoms with E-state index in [4.69, 9.17) is 4.74 Å². The van der Waals surface area contributed by atoms with Crippen molar-refractivity contribution in [3.63, 3.8) is 0 Å². The predicted molar refractivity (Wildman–Crippen MR) is 144 cm³/mol. The highest BCUT2D eigenvalue weighted by atomic mass is 32.2. The van der Waals surface area contributed by atoms with E-state index in [1.54, 1.807) is 0 Å². The molecule has 0 N–H and O–H groups in total. The van der Waals surface area contributed by atoms with E-state index >= 15 is 0 Å². The molecule has 2 rings (SSSR count). The molecule has 35 heavy (non-hydrogen) atoms. The van der Waals surface area contributed by atoms with Crippen LogP contribution in [0.2, 0.25) is 0 Å². The minimum absolute atomic E-state index is 0.219. The van der Waals surface area contributed by atoms with Gasteiger partial charge in [0.1, 0.15) is 5.75 Å². The number of benzene rings is 1. The van der Waals surface area contributed by atoms with Gasteiger partial charge in [-0.05, 0) is 55.5 Å². The third kappa shape index (κ3) is 16.3. The normalized spacial score (nSPS) is 11.1. The molecular weight excluding hydrogens is 460 g/mol. The summed E-state index contributed by atoms with van der Waals surface area (Å²) in [7, 11) is -3.94. The first kappa shape index (κ1) is 31.0. The summed E-state index contributed by atoms with van der Waals surface area (Å²) in [6.07, 6.45) is 19.3. The van der Waals surface area contributed by atoms with Crippen molar-refractivity contribution >= 4 is 10.1 Å². The van der Waals surface area contributed by atoms with Crippen molar-refractivity contribution in [2.75, 3.05) is 12.4 Å². The zero-order valence-corrected chi connectivity index (χ0v) is 22.8. The summed E-state index contributed by atoms with van der Waals surface area (Å²) in [5.74, 6) is 1.48. The van der Waals surface area contributed by atoms with Crippen molar-refractivity contribution in [2.24, 2.45) is 0 Å². The lowest BCUT2D eigenvalue weighted by Gasteiger charge is -2.07. The first-order valence-electron chi connectivity index (χ1n) is 13.4. The van der Waals surface area contributed by atoms with Crippen molar-refractivity contribution in [1.29, 1.82) is 0 Å². The second-order valence-electron chi connectivity index (χ2n) is 8.98. The summed E-state index contributed by atoms with van der Waals surface area (Å²) in [5.41, 5.74) is 2.28. The van der Waals surface area contributed by atoms with Gasteiger partial charge >= 0.3 is 0 Å². The van der Waals surface area contributed by atoms with E-state index in [0.717, 1.165) is 49.4 Å². The summed E-state index contributed by atoms with van der Waals surface area (Å²) >= 11 is 0. The Labute approximate surface area is 213 Å². The molecule has 1 aromatic heterocycles. The number of ether oxygens (including phenoxy) is 1. The van der Waals surface area contributed by atoms with Gasteiger partial charge in [-0.1, -0.05) is 78.6 Å². The maximum Gasteiger partial charge on any atom is 0.159 e. The predicted octanol–water partition coefficient (Wildman–Crippen LogP) is 7.34. The zero-order valence-electron chi connectivity index (χ0n) is 22.0. The van der Waals surface area contributed by atoms with Crippen LogP contribution in [0.5, 0.6) is 5.75 Å². The summed E-state index contributed by atoms with van der Waals surface area (Å²) in [5, 5.41) is 0. The molecule has 198 valence electrons. The van der Waals surface area contributed by atoms with Gasteiger partial charge in [-0.2, -0.15) is 0 Å². The fourth-order valence-corrected chi connectivity index (χ4v) is 4.09. The molecule has 0 aliphatic heterocycles. The first-order chi connectivity index (χ1) is 16.9. The molecule has 0 aliphatic carbocycles. The minimum Gasteiger partial charge on any atom is -0.748 e. The Kier molecular flexibility index (Phi) is 17.1. The third-order valence-corrected chi connectivity index (χ3v) is 6.44. The standard InChI is InChI=1S/C24H36N2O.C4H10O3S/c1-3-5-7-8-9-10-11-12-13-21-19-25-24(26-20-21)22-14-16-23(17-15-22)27-18-6-4-2;1-2-3-4-8(5,6)7/h14-17,19-20H,3-13,18H2,1-2H3;2-4H2,1H3,(H,5,6,7)/p-1. The van der Waals surface area contributed by atoms with E-state index in [0.29, 0.717) is 6.42 Å². The average molecular weight is 506 g/mol. The Morgan fingerprint density at radius 1 is 0.743 bits per heavy atom. The van der Waals surface area contributed by atoms with Crippen LogP contribution in [-0.2, 0) is 16.5 Å². The van der Waals surface area contributed by atoms with Gasteiger partial charge in [-0.25, -0.2) is 18.4 Å². The number of hydrogen-bond acceptors (Lipinski definition) is 6. The molecule has 6 nitrogen and oxygen atoms in total. The Balaban J connectivity index is 0.000000658. The molecule has 0 bridgehead atoms. The number of rotatable bonds is 17. The minimum atomic E-state index is -3.94. The Morgan fingerprint density at radius 2 is 1.29 bits per heavy atom. The van der Waals surface area contributed by atoms with Crippen LogP contribution in [0.15, 0.2) is 36.7 Å². The van der Waals surface area contributed by atoms with Gasteiger partial charge < -0.3 is 9.29 Å². The highest BCUT2D eigenvalue weighted by Crippen LogP contribution is 2.20. The van der Waals surface area contributed by atoms with Crippen LogP contribution in [0, 0.1) is 0 Å². The van der Waals surface area contributed by atoms with Crippen LogP contribution in [0.1, 0.15) is 103 Å². The fraction of sp³-hybridized carbons (Fsp3) is 0.643. The van der Waals surface area contributed by atoms with E-state index in [1.807, 2.05) is 43.6 Å². The van der Waals surface area contributed by atoms with Crippen LogP contribution >= 0.6 is 0 Å². The summed E-state index contributed by atoms with van der Waals surface area (Å²) in [6.45, 7) is 7.05. The van der Waals surface area contributed by atoms with Crippen molar-refractivity contribution in [2.45, 2.75) is 104 Å². The van der Waals surface area contributed by atoms with Gasteiger partial charge in [-0.3, -0.25) is 0 Å². The topological polar surface area (TPSA) is 92.2 Å². The van der Waals surface area contributed by atoms with Crippen LogP contribution in [-0.4, -0.2) is 35.3 Å². The average Bonchev–Trinajstić information content (AvgIpc) is 2.85. The third-order valence-electron chi connectivity index (χ3n) is 5.65. The van der Waals surface area contributed by atoms with Gasteiger partial charge in [0.2, 0.25) is 0 Å². The van der Waals surface area contributed by atoms with Crippen LogP contribution in [0.25, 0.3) is 11.4 Å². The number of unbranched alkanes of at least 4 members (excludes halogenated alkanes) is 9. The molecule has 0 unspecified atom stereocenters. The quantitative estimate of drug-likeness (QED) is 0.165. The highest BCUT2D eigenvalue weighted by molar-refractivity contribution is 7.85. The van der Waals surface area contributed by atoms with Crippen molar-refractivity contribution < 1.29 is 17.7 Å². The van der Waals surface area contributed by atoms with E-state index in [-0.39, 0.29) is 5.75 Å². The number of aryl methyl sites for hydroxylation is 1. The number of nitrogens with zero attached hydrogens (tertiary/aromatic N) is 2. The maximum atomic E-state index is 9.83. The molecule has 0 saturated carbocycles. The SMILES string of the molecule is CCCCCCCCCCc1cnc(-c2ccc(OCCCC)cc2)nc1.CCCCS(=O)(=O)[O-]. The smallest absolute Gasteiger partial charge is 0.159 e. The Hall–Kier alpha value is -1.99. The van der Waals surface area contributed by atoms with E-state index in [1.165, 1.54) is 56.9 Å². The molecule has 0 atom stereocenters. The largest absolute Gasteiger partial charge is 0.748 e. The molecule has 7 heteroatoms. The van der Waals surface area contributed by atoms with Gasteiger partial charge in [0.05, 0.1) is 16.7 Å². The fourth-order valence-electron chi connectivity index (χ4n) is 3.45. The zero-order chi connectivity index (χ0) is 25.8. The molecule has 1 aromatic carbocycles. The molecule has 0 saturated heterocycles. The molecule has 2 aromatic rings. The summed E-state index contributed by atoms with van der Waals surface area (Å²) < 4.78 is 35.2. The second kappa shape index (κ2) is 19.2. The van der Waals surface area contributed by atoms with E-state index < -0.39 is 10.1 Å². The number of hydrogen-bond donors (Lipinski definition) is 0. The van der Waals surface area contributed by atoms with Crippen LogP contribution in [0.4, 0.5) is 0 Å². The summed E-state index contributed by atoms with van der Waals surface area (Å²) in [6, 6.07) is 8.08. The second-order valence-corrected chi connectivity index (χ2v) is 10.5. The van der Waals surface area contributed by atoms with Crippen LogP contribution in [0.3, 0.4) is 0 Å². The van der Waals surface area contributed by atoms with Crippen molar-refractivity contribution in [1.82, 2.24) is 9.97 Å². The molecule has 0 fully saturated rings. The van der Waals surface area contributed by atoms with E-state index in [2.05, 4.69) is 23.8 Å². The maximum absolute atomic E-state index is 9.83. The molecule has 0 spiro atoms. The molecule has 0 aliphatic rings. The molecule has 1 heterocycles. The molecular formula is C28H45N2O4S-. The van der Waals surface area contributed by atoms with Crippen molar-refractivity contribution in [3.05, 3.63) is 42.2 Å². The van der Waals surface area contributed by atoms with E-state index in [9.17, 15) is 13.0 Å². The summed E-state index contributed by atoms with van der Waals surface area (Å²) in [4.78, 5) is 9.10. The van der Waals surface area contributed by atoms with Gasteiger partial charge in [-0.15, -0.1) is 0 Å². The van der Waals surface area contributed by atoms with Crippen LogP contribution < -0.4 is 4.74 Å². The number of aromatic nitrogens is 2. The lowest BCUT2D eigenvalue weighted by molar-refractivity contribution is 0.309. The lowest BCUT2D eigenvalue weighted by atomic mass is 10.1. The van der Waals surface area contributed by atoms with Gasteiger partial charge in [0.15, 0.2) is 5.82 Å². The lowest BCUT2D eigenvalue weighted by Crippen LogP contribution is -2.02. The van der Waals surface area contributed by atoms with Crippen molar-refractivity contribution in [3.8, 4) is 17.1 Å². The first-order valence-corrected chi connectivity index (χ1v) is 14.9. The molecule has 0 amide bonds. The van der Waals surface area contributed by atoms with Gasteiger partial charge in [0.25, 0.3) is 0 Å². The highest BCUT2D eigenvalue weighted by Gasteiger charge is 2.03. The Morgan fingerprint density at radius 3 is 1.80 bits per heavy atom. The van der Waals surface area contributed by atoms with Gasteiger partial charge in [0, 0.05) is 23.7 Å². The monoisotopic (exact) mass is 505 g/mol.